The molecule has 0 aromatic heterocycles. The van der Waals surface area contributed by atoms with Crippen LogP contribution in [0, 0.1) is 5.92 Å². The molecule has 3 unspecified atom stereocenters. The Labute approximate surface area is 126 Å². The molecule has 0 bridgehead atoms. The van der Waals surface area contributed by atoms with Crippen molar-refractivity contribution in [1.82, 2.24) is 4.90 Å². The summed E-state index contributed by atoms with van der Waals surface area (Å²) in [7, 11) is 0. The van der Waals surface area contributed by atoms with Gasteiger partial charge in [0.15, 0.2) is 0 Å². The zero-order valence-electron chi connectivity index (χ0n) is 12.7. The minimum Gasteiger partial charge on any atom is -0.376 e. The zero-order valence-corrected chi connectivity index (χ0v) is 13.5. The van der Waals surface area contributed by atoms with Gasteiger partial charge in [-0.1, -0.05) is 20.3 Å². The molecule has 0 aliphatic carbocycles. The Balaban J connectivity index is 2.02. The summed E-state index contributed by atoms with van der Waals surface area (Å²) in [5.74, 6) is 2.57. The Hall–Kier alpha value is -0.260. The van der Waals surface area contributed by atoms with Crippen molar-refractivity contribution in [1.29, 1.82) is 0 Å². The van der Waals surface area contributed by atoms with Gasteiger partial charge in [0.2, 0.25) is 5.91 Å². The lowest BCUT2D eigenvalue weighted by Crippen LogP contribution is -2.53. The van der Waals surface area contributed by atoms with E-state index in [2.05, 4.69) is 13.8 Å². The van der Waals surface area contributed by atoms with Crippen molar-refractivity contribution in [3.05, 3.63) is 0 Å². The first-order chi connectivity index (χ1) is 9.63. The Morgan fingerprint density at radius 3 is 2.85 bits per heavy atom. The standard InChI is InChI=1S/C15H28N2O2S/c1-3-11(2)14(16)15(18)17(12-6-8-20-10-12)9-13-5-4-7-19-13/h11-14H,3-10,16H2,1-2H3/t11?,12?,13?,14-/m0/s1. The molecule has 0 aromatic rings. The van der Waals surface area contributed by atoms with Gasteiger partial charge in [-0.3, -0.25) is 4.79 Å². The van der Waals surface area contributed by atoms with Crippen molar-refractivity contribution in [2.75, 3.05) is 24.7 Å². The summed E-state index contributed by atoms with van der Waals surface area (Å²) in [4.78, 5) is 14.8. The average molecular weight is 300 g/mol. The van der Waals surface area contributed by atoms with Gasteiger partial charge in [0.25, 0.3) is 0 Å². The highest BCUT2D eigenvalue weighted by Crippen LogP contribution is 2.25. The van der Waals surface area contributed by atoms with E-state index in [4.69, 9.17) is 10.5 Å². The lowest BCUT2D eigenvalue weighted by atomic mass is 9.97. The fourth-order valence-electron chi connectivity index (χ4n) is 2.88. The molecule has 4 nitrogen and oxygen atoms in total. The molecule has 2 N–H and O–H groups in total. The molecule has 4 atom stereocenters. The Bertz CT molecular complexity index is 315. The molecule has 1 amide bonds. The number of nitrogens with two attached hydrogens (primary N) is 1. The number of hydrogen-bond donors (Lipinski definition) is 1. The number of hydrogen-bond acceptors (Lipinski definition) is 4. The highest BCUT2D eigenvalue weighted by Gasteiger charge is 2.34. The first-order valence-corrected chi connectivity index (χ1v) is 9.04. The van der Waals surface area contributed by atoms with Crippen LogP contribution in [0.15, 0.2) is 0 Å². The van der Waals surface area contributed by atoms with E-state index in [1.807, 2.05) is 16.7 Å². The van der Waals surface area contributed by atoms with E-state index in [-0.39, 0.29) is 24.0 Å². The molecule has 2 fully saturated rings. The number of ether oxygens (including phenoxy) is 1. The SMILES string of the molecule is CCC(C)[C@H](N)C(=O)N(CC1CCCO1)C1CCSC1. The number of nitrogens with zero attached hydrogens (tertiary/aromatic N) is 1. The fraction of sp³-hybridized carbons (Fsp3) is 0.933. The molecule has 2 aliphatic rings. The molecule has 0 spiro atoms. The summed E-state index contributed by atoms with van der Waals surface area (Å²) in [6, 6.07) is -0.0150. The lowest BCUT2D eigenvalue weighted by molar-refractivity contribution is -0.137. The molecular weight excluding hydrogens is 272 g/mol. The molecule has 2 saturated heterocycles. The van der Waals surface area contributed by atoms with Crippen LogP contribution in [0.3, 0.4) is 0 Å². The van der Waals surface area contributed by atoms with E-state index in [0.29, 0.717) is 6.04 Å². The van der Waals surface area contributed by atoms with Gasteiger partial charge >= 0.3 is 0 Å². The maximum absolute atomic E-state index is 12.8. The van der Waals surface area contributed by atoms with Gasteiger partial charge < -0.3 is 15.4 Å². The van der Waals surface area contributed by atoms with Crippen LogP contribution in [0.4, 0.5) is 0 Å². The van der Waals surface area contributed by atoms with Crippen molar-refractivity contribution >= 4 is 17.7 Å². The molecule has 0 aromatic carbocycles. The van der Waals surface area contributed by atoms with Crippen LogP contribution < -0.4 is 5.73 Å². The summed E-state index contributed by atoms with van der Waals surface area (Å²) in [6.45, 7) is 5.72. The zero-order chi connectivity index (χ0) is 14.5. The summed E-state index contributed by atoms with van der Waals surface area (Å²) in [5, 5.41) is 0. The van der Waals surface area contributed by atoms with Crippen molar-refractivity contribution in [2.24, 2.45) is 11.7 Å². The van der Waals surface area contributed by atoms with E-state index < -0.39 is 0 Å². The smallest absolute Gasteiger partial charge is 0.240 e. The normalized spacial score (nSPS) is 29.4. The van der Waals surface area contributed by atoms with Gasteiger partial charge in [0.1, 0.15) is 0 Å². The van der Waals surface area contributed by atoms with Gasteiger partial charge in [0.05, 0.1) is 12.1 Å². The number of carbonyl (C=O) groups is 1. The minimum absolute atomic E-state index is 0.127. The van der Waals surface area contributed by atoms with Crippen LogP contribution >= 0.6 is 11.8 Å². The van der Waals surface area contributed by atoms with E-state index >= 15 is 0 Å². The van der Waals surface area contributed by atoms with Gasteiger partial charge in [-0.15, -0.1) is 0 Å². The second kappa shape index (κ2) is 7.66. The second-order valence-corrected chi connectivity index (χ2v) is 7.20. The molecule has 2 heterocycles. The largest absolute Gasteiger partial charge is 0.376 e. The lowest BCUT2D eigenvalue weighted by Gasteiger charge is -2.34. The van der Waals surface area contributed by atoms with Crippen LogP contribution in [-0.2, 0) is 9.53 Å². The molecule has 2 aliphatic heterocycles. The molecular formula is C15H28N2O2S. The summed E-state index contributed by atoms with van der Waals surface area (Å²) >= 11 is 1.94. The Morgan fingerprint density at radius 1 is 1.50 bits per heavy atom. The van der Waals surface area contributed by atoms with E-state index in [0.717, 1.165) is 50.3 Å². The molecule has 0 radical (unpaired) electrons. The third kappa shape index (κ3) is 3.89. The topological polar surface area (TPSA) is 55.6 Å². The molecule has 116 valence electrons. The molecule has 0 saturated carbocycles. The average Bonchev–Trinajstić information content (AvgIpc) is 3.14. The van der Waals surface area contributed by atoms with Crippen LogP contribution in [0.5, 0.6) is 0 Å². The van der Waals surface area contributed by atoms with Crippen molar-refractivity contribution in [3.63, 3.8) is 0 Å². The van der Waals surface area contributed by atoms with E-state index in [1.54, 1.807) is 0 Å². The van der Waals surface area contributed by atoms with Crippen LogP contribution in [0.25, 0.3) is 0 Å². The number of rotatable bonds is 6. The third-order valence-electron chi connectivity index (χ3n) is 4.60. The summed E-state index contributed by atoms with van der Waals surface area (Å²) in [5.41, 5.74) is 6.18. The fourth-order valence-corrected chi connectivity index (χ4v) is 4.11. The highest BCUT2D eigenvalue weighted by molar-refractivity contribution is 7.99. The quantitative estimate of drug-likeness (QED) is 0.813. The highest BCUT2D eigenvalue weighted by atomic mass is 32.2. The van der Waals surface area contributed by atoms with Crippen molar-refractivity contribution in [3.8, 4) is 0 Å². The van der Waals surface area contributed by atoms with E-state index in [9.17, 15) is 4.79 Å². The van der Waals surface area contributed by atoms with Crippen LogP contribution in [0.2, 0.25) is 0 Å². The predicted molar refractivity (Wildman–Crippen MR) is 83.8 cm³/mol. The van der Waals surface area contributed by atoms with Crippen LogP contribution in [-0.4, -0.2) is 53.7 Å². The minimum atomic E-state index is -0.369. The second-order valence-electron chi connectivity index (χ2n) is 6.05. The summed E-state index contributed by atoms with van der Waals surface area (Å²) in [6.07, 6.45) is 4.44. The summed E-state index contributed by atoms with van der Waals surface area (Å²) < 4.78 is 5.72. The van der Waals surface area contributed by atoms with Gasteiger partial charge in [-0.25, -0.2) is 0 Å². The third-order valence-corrected chi connectivity index (χ3v) is 5.74. The number of carbonyl (C=O) groups excluding carboxylic acids is 1. The first kappa shape index (κ1) is 16.1. The number of thioether (sulfide) groups is 1. The van der Waals surface area contributed by atoms with Crippen molar-refractivity contribution < 1.29 is 9.53 Å². The Morgan fingerprint density at radius 2 is 2.30 bits per heavy atom. The maximum Gasteiger partial charge on any atom is 0.240 e. The van der Waals surface area contributed by atoms with Gasteiger partial charge in [0, 0.05) is 24.9 Å². The maximum atomic E-state index is 12.8. The molecule has 2 rings (SSSR count). The van der Waals surface area contributed by atoms with Gasteiger partial charge in [-0.05, 0) is 30.9 Å². The van der Waals surface area contributed by atoms with Crippen LogP contribution in [0.1, 0.15) is 39.5 Å². The van der Waals surface area contributed by atoms with E-state index in [1.165, 1.54) is 0 Å². The first-order valence-electron chi connectivity index (χ1n) is 7.88. The molecule has 5 heteroatoms. The van der Waals surface area contributed by atoms with Gasteiger partial charge in [-0.2, -0.15) is 11.8 Å². The molecule has 20 heavy (non-hydrogen) atoms. The predicted octanol–water partition coefficient (Wildman–Crippen LogP) is 1.87. The van der Waals surface area contributed by atoms with Crippen molar-refractivity contribution in [2.45, 2.75) is 57.7 Å². The monoisotopic (exact) mass is 300 g/mol. The Kier molecular flexibility index (Phi) is 6.18. The number of amides is 1.